The molecule has 2 heterocycles. The van der Waals surface area contributed by atoms with Crippen molar-refractivity contribution in [3.8, 4) is 0 Å². The van der Waals surface area contributed by atoms with Gasteiger partial charge in [0.15, 0.2) is 0 Å². The molecule has 1 spiro atoms. The van der Waals surface area contributed by atoms with Crippen molar-refractivity contribution < 1.29 is 9.90 Å². The summed E-state index contributed by atoms with van der Waals surface area (Å²) in [6.07, 6.45) is 0. The summed E-state index contributed by atoms with van der Waals surface area (Å²) in [6, 6.07) is 20.7. The molecule has 0 unspecified atom stereocenters. The molecule has 0 saturated carbocycles. The largest absolute Gasteiger partial charge is 0.395 e. The zero-order chi connectivity index (χ0) is 22.3. The van der Waals surface area contributed by atoms with Gasteiger partial charge < -0.3 is 15.3 Å². The van der Waals surface area contributed by atoms with E-state index in [0.717, 1.165) is 55.1 Å². The van der Waals surface area contributed by atoms with E-state index in [4.69, 9.17) is 5.11 Å². The Hall–Kier alpha value is -2.89. The van der Waals surface area contributed by atoms with Crippen molar-refractivity contribution >= 4 is 22.4 Å². The lowest BCUT2D eigenvalue weighted by Crippen LogP contribution is -2.72. The van der Waals surface area contributed by atoms with Crippen LogP contribution in [-0.2, 0) is 0 Å². The van der Waals surface area contributed by atoms with Crippen molar-refractivity contribution in [2.45, 2.75) is 19.9 Å². The Balaban J connectivity index is 1.28. The van der Waals surface area contributed by atoms with E-state index < -0.39 is 0 Å². The molecule has 32 heavy (non-hydrogen) atoms. The fourth-order valence-electron chi connectivity index (χ4n) is 5.38. The highest BCUT2D eigenvalue weighted by molar-refractivity contribution is 5.97. The lowest BCUT2D eigenvalue weighted by Gasteiger charge is -2.61. The van der Waals surface area contributed by atoms with Crippen molar-refractivity contribution in [2.75, 3.05) is 44.2 Å². The number of carbonyl (C=O) groups excluding carboxylic acids is 1. The predicted molar refractivity (Wildman–Crippen MR) is 129 cm³/mol. The molecular formula is C27H31N3O2. The quantitative estimate of drug-likeness (QED) is 0.627. The molecule has 0 aliphatic carbocycles. The van der Waals surface area contributed by atoms with E-state index in [-0.39, 0.29) is 18.6 Å². The van der Waals surface area contributed by atoms with Gasteiger partial charge in [0, 0.05) is 49.4 Å². The van der Waals surface area contributed by atoms with Crippen molar-refractivity contribution in [2.24, 2.45) is 5.41 Å². The number of aryl methyl sites for hydroxylation is 1. The second-order valence-corrected chi connectivity index (χ2v) is 9.55. The zero-order valence-corrected chi connectivity index (χ0v) is 18.8. The van der Waals surface area contributed by atoms with Crippen LogP contribution in [0.15, 0.2) is 60.7 Å². The Morgan fingerprint density at radius 1 is 1.06 bits per heavy atom. The number of rotatable bonds is 6. The van der Waals surface area contributed by atoms with Crippen molar-refractivity contribution in [1.82, 2.24) is 10.2 Å². The molecule has 2 fully saturated rings. The number of amides is 1. The number of hydrogen-bond donors (Lipinski definition) is 2. The first-order valence-electron chi connectivity index (χ1n) is 11.5. The third-order valence-electron chi connectivity index (χ3n) is 7.06. The average Bonchev–Trinajstić information content (AvgIpc) is 2.74. The molecule has 166 valence electrons. The summed E-state index contributed by atoms with van der Waals surface area (Å²) in [5.41, 5.74) is 4.35. The van der Waals surface area contributed by atoms with Crippen LogP contribution in [0, 0.1) is 12.3 Å². The van der Waals surface area contributed by atoms with E-state index in [1.165, 1.54) is 10.8 Å². The third kappa shape index (κ3) is 3.76. The van der Waals surface area contributed by atoms with Crippen LogP contribution in [0.4, 0.5) is 5.69 Å². The average molecular weight is 430 g/mol. The Labute approximate surface area is 189 Å². The molecule has 2 saturated heterocycles. The molecule has 0 aromatic heterocycles. The van der Waals surface area contributed by atoms with Crippen LogP contribution in [0.25, 0.3) is 10.8 Å². The van der Waals surface area contributed by atoms with Gasteiger partial charge in [0.1, 0.15) is 0 Å². The molecule has 5 heteroatoms. The first kappa shape index (κ1) is 21.0. The standard InChI is InChI=1S/C27H31N3O2/c1-19-10-11-22(30-17-27(18-30)15-29(16-27)12-13-31)14-25(19)26(32)28-20(2)23-9-5-7-21-6-3-4-8-24(21)23/h3-11,14,20,31H,12-13,15-18H2,1-2H3,(H,28,32)/t20-/m1/s1. The van der Waals surface area contributed by atoms with Crippen LogP contribution >= 0.6 is 0 Å². The van der Waals surface area contributed by atoms with Gasteiger partial charge in [-0.1, -0.05) is 48.5 Å². The molecule has 1 atom stereocenters. The van der Waals surface area contributed by atoms with E-state index in [9.17, 15) is 4.79 Å². The number of fused-ring (bicyclic) bond motifs is 1. The maximum Gasteiger partial charge on any atom is 0.252 e. The molecule has 2 aliphatic rings. The van der Waals surface area contributed by atoms with Gasteiger partial charge in [-0.15, -0.1) is 0 Å². The molecule has 0 bridgehead atoms. The maximum absolute atomic E-state index is 13.2. The Morgan fingerprint density at radius 3 is 2.59 bits per heavy atom. The van der Waals surface area contributed by atoms with Crippen molar-refractivity contribution in [3.63, 3.8) is 0 Å². The molecule has 5 rings (SSSR count). The number of likely N-dealkylation sites (tertiary alicyclic amines) is 1. The summed E-state index contributed by atoms with van der Waals surface area (Å²) in [6.45, 7) is 9.21. The minimum absolute atomic E-state index is 0.0298. The topological polar surface area (TPSA) is 55.8 Å². The van der Waals surface area contributed by atoms with Gasteiger partial charge in [-0.2, -0.15) is 0 Å². The second kappa shape index (κ2) is 8.23. The fourth-order valence-corrected chi connectivity index (χ4v) is 5.38. The highest BCUT2D eigenvalue weighted by Gasteiger charge is 2.51. The van der Waals surface area contributed by atoms with Crippen LogP contribution in [0.2, 0.25) is 0 Å². The summed E-state index contributed by atoms with van der Waals surface area (Å²) in [5, 5.41) is 14.7. The maximum atomic E-state index is 13.2. The SMILES string of the molecule is Cc1ccc(N2CC3(CN(CCO)C3)C2)cc1C(=O)N[C@H](C)c1cccc2ccccc12. The number of nitrogens with zero attached hydrogens (tertiary/aromatic N) is 2. The number of β-amino-alcohol motifs (C(OH)–C–C–N with tert-alkyl or cyclic N) is 1. The molecule has 1 amide bonds. The molecule has 0 radical (unpaired) electrons. The number of benzene rings is 3. The van der Waals surface area contributed by atoms with Gasteiger partial charge in [-0.05, 0) is 47.9 Å². The van der Waals surface area contributed by atoms with Crippen molar-refractivity contribution in [1.29, 1.82) is 0 Å². The van der Waals surface area contributed by atoms with E-state index >= 15 is 0 Å². The summed E-state index contributed by atoms with van der Waals surface area (Å²) in [5.74, 6) is -0.0298. The van der Waals surface area contributed by atoms with Crippen molar-refractivity contribution in [3.05, 3.63) is 77.4 Å². The molecule has 3 aromatic rings. The first-order valence-corrected chi connectivity index (χ1v) is 11.5. The van der Waals surface area contributed by atoms with Gasteiger partial charge in [-0.3, -0.25) is 9.69 Å². The number of anilines is 1. The van der Waals surface area contributed by atoms with E-state index in [0.29, 0.717) is 5.41 Å². The number of hydrogen-bond acceptors (Lipinski definition) is 4. The molecule has 5 nitrogen and oxygen atoms in total. The van der Waals surface area contributed by atoms with Crippen LogP contribution in [0.1, 0.15) is 34.5 Å². The summed E-state index contributed by atoms with van der Waals surface area (Å²) in [4.78, 5) is 17.9. The number of aliphatic hydroxyl groups excluding tert-OH is 1. The monoisotopic (exact) mass is 429 g/mol. The second-order valence-electron chi connectivity index (χ2n) is 9.55. The van der Waals surface area contributed by atoms with Gasteiger partial charge in [0.25, 0.3) is 5.91 Å². The molecular weight excluding hydrogens is 398 g/mol. The van der Waals surface area contributed by atoms with Gasteiger partial charge in [0.05, 0.1) is 12.6 Å². The van der Waals surface area contributed by atoms with E-state index in [1.807, 2.05) is 38.1 Å². The lowest BCUT2D eigenvalue weighted by atomic mass is 9.72. The molecule has 2 aliphatic heterocycles. The van der Waals surface area contributed by atoms with Gasteiger partial charge in [-0.25, -0.2) is 0 Å². The smallest absolute Gasteiger partial charge is 0.252 e. The molecule has 2 N–H and O–H groups in total. The highest BCUT2D eigenvalue weighted by Crippen LogP contribution is 2.42. The van der Waals surface area contributed by atoms with Crippen LogP contribution in [0.3, 0.4) is 0 Å². The first-order chi connectivity index (χ1) is 15.5. The van der Waals surface area contributed by atoms with E-state index in [2.05, 4.69) is 51.5 Å². The minimum Gasteiger partial charge on any atom is -0.395 e. The van der Waals surface area contributed by atoms with Gasteiger partial charge in [0.2, 0.25) is 0 Å². The Bertz CT molecular complexity index is 1140. The Kier molecular flexibility index (Phi) is 5.39. The summed E-state index contributed by atoms with van der Waals surface area (Å²) >= 11 is 0. The third-order valence-corrected chi connectivity index (χ3v) is 7.06. The predicted octanol–water partition coefficient (Wildman–Crippen LogP) is 3.75. The van der Waals surface area contributed by atoms with E-state index in [1.54, 1.807) is 0 Å². The summed E-state index contributed by atoms with van der Waals surface area (Å²) < 4.78 is 0. The highest BCUT2D eigenvalue weighted by atomic mass is 16.3. The Morgan fingerprint density at radius 2 is 1.81 bits per heavy atom. The number of aliphatic hydroxyl groups is 1. The normalized spacial score (nSPS) is 18.3. The number of carbonyl (C=O) groups is 1. The fraction of sp³-hybridized carbons (Fsp3) is 0.370. The van der Waals surface area contributed by atoms with Crippen LogP contribution < -0.4 is 10.2 Å². The number of nitrogens with one attached hydrogen (secondary N) is 1. The summed E-state index contributed by atoms with van der Waals surface area (Å²) in [7, 11) is 0. The van der Waals surface area contributed by atoms with Crippen LogP contribution in [0.5, 0.6) is 0 Å². The molecule has 3 aromatic carbocycles. The lowest BCUT2D eigenvalue weighted by molar-refractivity contribution is -0.0292. The van der Waals surface area contributed by atoms with Gasteiger partial charge >= 0.3 is 0 Å². The minimum atomic E-state index is -0.0866. The zero-order valence-electron chi connectivity index (χ0n) is 18.8. The van der Waals surface area contributed by atoms with Crippen LogP contribution in [-0.4, -0.2) is 55.2 Å².